The highest BCUT2D eigenvalue weighted by Crippen LogP contribution is 2.27. The molecule has 3 rings (SSSR count). The molecule has 1 unspecified atom stereocenters. The topological polar surface area (TPSA) is 35.6 Å². The van der Waals surface area contributed by atoms with Gasteiger partial charge in [-0.3, -0.25) is 4.68 Å². The van der Waals surface area contributed by atoms with Crippen LogP contribution < -0.4 is 0 Å². The Bertz CT molecular complexity index is 803. The molecule has 0 saturated carbocycles. The van der Waals surface area contributed by atoms with Gasteiger partial charge in [0.1, 0.15) is 11.6 Å². The van der Waals surface area contributed by atoms with Crippen LogP contribution >= 0.6 is 11.6 Å². The normalized spacial score (nSPS) is 13.0. The van der Waals surface area contributed by atoms with Crippen molar-refractivity contribution in [3.8, 4) is 0 Å². The number of aromatic nitrogens is 4. The number of hydrogen-bond acceptors (Lipinski definition) is 2. The van der Waals surface area contributed by atoms with E-state index in [2.05, 4.69) is 10.1 Å². The van der Waals surface area contributed by atoms with Crippen LogP contribution in [-0.4, -0.2) is 19.3 Å². The molecule has 0 amide bonds. The van der Waals surface area contributed by atoms with E-state index in [0.29, 0.717) is 17.6 Å². The van der Waals surface area contributed by atoms with Crippen molar-refractivity contribution in [3.05, 3.63) is 47.3 Å². The first-order valence-electron chi connectivity index (χ1n) is 6.73. The van der Waals surface area contributed by atoms with E-state index >= 15 is 0 Å². The summed E-state index contributed by atoms with van der Waals surface area (Å²) >= 11 is 6.23. The minimum atomic E-state index is -0.252. The Kier molecular flexibility index (Phi) is 3.45. The minimum Gasteiger partial charge on any atom is -0.322 e. The SMILES string of the molecule is Cc1cc2c(cc1F)nc(C(C)Cl)n2Cc1cnn(C)c1. The number of benzene rings is 1. The quantitative estimate of drug-likeness (QED) is 0.694. The third-order valence-corrected chi connectivity index (χ3v) is 3.71. The first-order valence-corrected chi connectivity index (χ1v) is 7.17. The number of fused-ring (bicyclic) bond motifs is 1. The highest BCUT2D eigenvalue weighted by molar-refractivity contribution is 6.20. The van der Waals surface area contributed by atoms with Crippen molar-refractivity contribution in [1.29, 1.82) is 0 Å². The third kappa shape index (κ3) is 2.53. The molecule has 110 valence electrons. The van der Waals surface area contributed by atoms with Crippen molar-refractivity contribution < 1.29 is 4.39 Å². The Balaban J connectivity index is 2.17. The molecule has 0 N–H and O–H groups in total. The van der Waals surface area contributed by atoms with Crippen molar-refractivity contribution in [2.24, 2.45) is 7.05 Å². The van der Waals surface area contributed by atoms with Crippen molar-refractivity contribution in [2.75, 3.05) is 0 Å². The van der Waals surface area contributed by atoms with Gasteiger partial charge in [-0.1, -0.05) is 0 Å². The summed E-state index contributed by atoms with van der Waals surface area (Å²) in [5.41, 5.74) is 3.17. The van der Waals surface area contributed by atoms with Gasteiger partial charge < -0.3 is 4.57 Å². The van der Waals surface area contributed by atoms with Crippen LogP contribution in [0, 0.1) is 12.7 Å². The van der Waals surface area contributed by atoms with E-state index in [1.807, 2.05) is 37.0 Å². The van der Waals surface area contributed by atoms with Crippen LogP contribution in [0.3, 0.4) is 0 Å². The van der Waals surface area contributed by atoms with Crippen LogP contribution in [0.2, 0.25) is 0 Å². The van der Waals surface area contributed by atoms with E-state index in [4.69, 9.17) is 11.6 Å². The molecule has 1 aromatic carbocycles. The van der Waals surface area contributed by atoms with Crippen LogP contribution in [-0.2, 0) is 13.6 Å². The van der Waals surface area contributed by atoms with Gasteiger partial charge in [-0.25, -0.2) is 9.37 Å². The van der Waals surface area contributed by atoms with Gasteiger partial charge in [0.05, 0.1) is 29.2 Å². The molecule has 6 heteroatoms. The number of imidazole rings is 1. The maximum absolute atomic E-state index is 13.7. The molecule has 0 fully saturated rings. The van der Waals surface area contributed by atoms with Crippen molar-refractivity contribution in [2.45, 2.75) is 25.8 Å². The van der Waals surface area contributed by atoms with Gasteiger partial charge >= 0.3 is 0 Å². The van der Waals surface area contributed by atoms with Crippen LogP contribution in [0.25, 0.3) is 11.0 Å². The van der Waals surface area contributed by atoms with Crippen LogP contribution in [0.15, 0.2) is 24.5 Å². The largest absolute Gasteiger partial charge is 0.322 e. The number of hydrogen-bond donors (Lipinski definition) is 0. The molecule has 0 aliphatic heterocycles. The lowest BCUT2D eigenvalue weighted by molar-refractivity contribution is 0.620. The van der Waals surface area contributed by atoms with E-state index in [9.17, 15) is 4.39 Å². The smallest absolute Gasteiger partial charge is 0.128 e. The van der Waals surface area contributed by atoms with Crippen molar-refractivity contribution in [1.82, 2.24) is 19.3 Å². The van der Waals surface area contributed by atoms with Crippen molar-refractivity contribution in [3.63, 3.8) is 0 Å². The fourth-order valence-corrected chi connectivity index (χ4v) is 2.64. The second-order valence-corrected chi connectivity index (χ2v) is 5.94. The average Bonchev–Trinajstić information content (AvgIpc) is 2.96. The molecule has 1 atom stereocenters. The molecular weight excluding hydrogens is 291 g/mol. The molecule has 0 saturated heterocycles. The lowest BCUT2D eigenvalue weighted by Crippen LogP contribution is -2.05. The lowest BCUT2D eigenvalue weighted by Gasteiger charge is -2.09. The second-order valence-electron chi connectivity index (χ2n) is 5.28. The standard InChI is InChI=1S/C15H16ClFN4/c1-9-4-14-13(5-12(9)17)19-15(10(2)16)21(14)8-11-6-18-20(3)7-11/h4-7,10H,8H2,1-3H3. The van der Waals surface area contributed by atoms with Gasteiger partial charge in [0.2, 0.25) is 0 Å². The van der Waals surface area contributed by atoms with Gasteiger partial charge in [0, 0.05) is 24.9 Å². The van der Waals surface area contributed by atoms with E-state index in [1.54, 1.807) is 11.6 Å². The molecule has 2 aromatic heterocycles. The minimum absolute atomic E-state index is 0.248. The molecular formula is C15H16ClFN4. The number of rotatable bonds is 3. The molecule has 21 heavy (non-hydrogen) atoms. The molecule has 0 aliphatic rings. The first kappa shape index (κ1) is 14.1. The maximum Gasteiger partial charge on any atom is 0.128 e. The molecule has 0 spiro atoms. The Morgan fingerprint density at radius 1 is 1.38 bits per heavy atom. The van der Waals surface area contributed by atoms with Crippen molar-refractivity contribution >= 4 is 22.6 Å². The third-order valence-electron chi connectivity index (χ3n) is 3.51. The lowest BCUT2D eigenvalue weighted by atomic mass is 10.2. The van der Waals surface area contributed by atoms with Crippen LogP contribution in [0.1, 0.15) is 29.3 Å². The van der Waals surface area contributed by atoms with E-state index in [0.717, 1.165) is 16.9 Å². The molecule has 0 bridgehead atoms. The van der Waals surface area contributed by atoms with Gasteiger partial charge in [-0.05, 0) is 25.5 Å². The first-order chi connectivity index (χ1) is 9.95. The Hall–Kier alpha value is -1.88. The average molecular weight is 307 g/mol. The zero-order valence-corrected chi connectivity index (χ0v) is 12.9. The van der Waals surface area contributed by atoms with Gasteiger partial charge in [0.15, 0.2) is 0 Å². The predicted octanol–water partition coefficient (Wildman–Crippen LogP) is 3.57. The van der Waals surface area contributed by atoms with E-state index < -0.39 is 0 Å². The molecule has 4 nitrogen and oxygen atoms in total. The number of halogens is 2. The predicted molar refractivity (Wildman–Crippen MR) is 81.0 cm³/mol. The highest BCUT2D eigenvalue weighted by Gasteiger charge is 2.17. The second kappa shape index (κ2) is 5.15. The Morgan fingerprint density at radius 2 is 2.14 bits per heavy atom. The summed E-state index contributed by atoms with van der Waals surface area (Å²) in [5.74, 6) is 0.489. The molecule has 0 radical (unpaired) electrons. The maximum atomic E-state index is 13.7. The summed E-state index contributed by atoms with van der Waals surface area (Å²) < 4.78 is 17.5. The molecule has 3 aromatic rings. The van der Waals surface area contributed by atoms with E-state index in [-0.39, 0.29) is 11.2 Å². The number of alkyl halides is 1. The summed E-state index contributed by atoms with van der Waals surface area (Å²) in [5, 5.41) is 3.92. The summed E-state index contributed by atoms with van der Waals surface area (Å²) in [6.07, 6.45) is 3.76. The summed E-state index contributed by atoms with van der Waals surface area (Å²) in [4.78, 5) is 4.48. The summed E-state index contributed by atoms with van der Waals surface area (Å²) in [7, 11) is 1.88. The number of nitrogens with zero attached hydrogens (tertiary/aromatic N) is 4. The zero-order valence-electron chi connectivity index (χ0n) is 12.1. The van der Waals surface area contributed by atoms with Gasteiger partial charge in [-0.2, -0.15) is 5.10 Å². The Morgan fingerprint density at radius 3 is 2.76 bits per heavy atom. The fourth-order valence-electron chi connectivity index (χ4n) is 2.47. The summed E-state index contributed by atoms with van der Waals surface area (Å²) in [6.45, 7) is 4.23. The van der Waals surface area contributed by atoms with Gasteiger partial charge in [0.25, 0.3) is 0 Å². The highest BCUT2D eigenvalue weighted by atomic mass is 35.5. The Labute approximate surface area is 127 Å². The number of aryl methyl sites for hydroxylation is 2. The monoisotopic (exact) mass is 306 g/mol. The van der Waals surface area contributed by atoms with Crippen LogP contribution in [0.5, 0.6) is 0 Å². The summed E-state index contributed by atoms with van der Waals surface area (Å²) in [6, 6.07) is 3.28. The molecule has 0 aliphatic carbocycles. The van der Waals surface area contributed by atoms with E-state index in [1.165, 1.54) is 6.07 Å². The van der Waals surface area contributed by atoms with Gasteiger partial charge in [-0.15, -0.1) is 11.6 Å². The molecule has 2 heterocycles. The van der Waals surface area contributed by atoms with Crippen LogP contribution in [0.4, 0.5) is 4.39 Å². The zero-order chi connectivity index (χ0) is 15.1. The fraction of sp³-hybridized carbons (Fsp3) is 0.333.